The van der Waals surface area contributed by atoms with E-state index < -0.39 is 0 Å². The van der Waals surface area contributed by atoms with Gasteiger partial charge in [-0.25, -0.2) is 4.98 Å². The number of halogens is 1. The van der Waals surface area contributed by atoms with Crippen LogP contribution in [0.15, 0.2) is 72.8 Å². The number of fused-ring (bicyclic) bond motifs is 1. The first-order valence-corrected chi connectivity index (χ1v) is 12.8. The molecule has 0 fully saturated rings. The highest BCUT2D eigenvalue weighted by Gasteiger charge is 2.23. The minimum absolute atomic E-state index is 0.134. The number of hydrogen-bond acceptors (Lipinski definition) is 5. The minimum Gasteiger partial charge on any atom is -0.457 e. The topological polar surface area (TPSA) is 60.2 Å². The summed E-state index contributed by atoms with van der Waals surface area (Å²) in [4.78, 5) is 20.3. The molecule has 0 radical (unpaired) electrons. The van der Waals surface area contributed by atoms with Crippen LogP contribution in [-0.2, 0) is 6.54 Å². The van der Waals surface area contributed by atoms with Gasteiger partial charge in [-0.2, -0.15) is 5.10 Å². The van der Waals surface area contributed by atoms with Crippen molar-refractivity contribution in [2.45, 2.75) is 27.3 Å². The molecule has 0 bridgehead atoms. The summed E-state index contributed by atoms with van der Waals surface area (Å²) in [6.45, 7) is 6.90. The summed E-state index contributed by atoms with van der Waals surface area (Å²) >= 11 is 7.81. The smallest absolute Gasteiger partial charge is 0.260 e. The highest BCUT2D eigenvalue weighted by atomic mass is 35.5. The molecule has 0 saturated heterocycles. The fourth-order valence-corrected chi connectivity index (χ4v) is 5.23. The van der Waals surface area contributed by atoms with Crippen molar-refractivity contribution in [3.8, 4) is 11.5 Å². The molecule has 6 nitrogen and oxygen atoms in total. The summed E-state index contributed by atoms with van der Waals surface area (Å²) < 4.78 is 8.79. The van der Waals surface area contributed by atoms with Crippen molar-refractivity contribution in [2.24, 2.45) is 0 Å². The van der Waals surface area contributed by atoms with Crippen LogP contribution >= 0.6 is 22.9 Å². The van der Waals surface area contributed by atoms with E-state index in [0.29, 0.717) is 34.6 Å². The maximum Gasteiger partial charge on any atom is 0.260 e. The Morgan fingerprint density at radius 3 is 2.42 bits per heavy atom. The summed E-state index contributed by atoms with van der Waals surface area (Å²) in [6, 6.07) is 22.6. The van der Waals surface area contributed by atoms with Gasteiger partial charge in [0, 0.05) is 22.8 Å². The van der Waals surface area contributed by atoms with Crippen LogP contribution in [0.2, 0.25) is 5.02 Å². The van der Waals surface area contributed by atoms with Gasteiger partial charge in [0.25, 0.3) is 5.91 Å². The predicted octanol–water partition coefficient (Wildman–Crippen LogP) is 7.21. The summed E-state index contributed by atoms with van der Waals surface area (Å²) in [5.41, 5.74) is 4.28. The SMILES string of the molecule is Cc1cc(C)n(CCN(C(=O)c2ccc(Oc3ccccc3)cc2)c2nc3c(C)c(Cl)ccc3s2)n1. The Bertz CT molecular complexity index is 1530. The van der Waals surface area contributed by atoms with Crippen molar-refractivity contribution in [1.29, 1.82) is 0 Å². The van der Waals surface area contributed by atoms with E-state index in [1.165, 1.54) is 11.3 Å². The fourth-order valence-electron chi connectivity index (χ4n) is 4.03. The van der Waals surface area contributed by atoms with E-state index in [-0.39, 0.29) is 5.91 Å². The van der Waals surface area contributed by atoms with Gasteiger partial charge in [-0.05, 0) is 80.9 Å². The van der Waals surface area contributed by atoms with Crippen LogP contribution in [-0.4, -0.2) is 27.2 Å². The van der Waals surface area contributed by atoms with Gasteiger partial charge in [0.1, 0.15) is 11.5 Å². The molecule has 0 saturated carbocycles. The first kappa shape index (κ1) is 24.0. The van der Waals surface area contributed by atoms with Crippen LogP contribution in [0.25, 0.3) is 10.2 Å². The van der Waals surface area contributed by atoms with E-state index in [1.54, 1.807) is 17.0 Å². The second-order valence-corrected chi connectivity index (χ2v) is 9.98. The number of para-hydroxylation sites is 1. The Morgan fingerprint density at radius 1 is 1.00 bits per heavy atom. The number of thiazole rings is 1. The molecule has 0 aliphatic rings. The molecule has 8 heteroatoms. The minimum atomic E-state index is -0.134. The Kier molecular flexibility index (Phi) is 6.76. The Balaban J connectivity index is 1.45. The zero-order valence-electron chi connectivity index (χ0n) is 20.2. The number of aromatic nitrogens is 3. The van der Waals surface area contributed by atoms with Gasteiger partial charge in [0.2, 0.25) is 0 Å². The molecule has 36 heavy (non-hydrogen) atoms. The second-order valence-electron chi connectivity index (χ2n) is 8.56. The molecule has 0 aliphatic heterocycles. The highest BCUT2D eigenvalue weighted by molar-refractivity contribution is 7.22. The zero-order chi connectivity index (χ0) is 25.2. The third-order valence-electron chi connectivity index (χ3n) is 5.93. The number of amides is 1. The Morgan fingerprint density at radius 2 is 1.72 bits per heavy atom. The third kappa shape index (κ3) is 4.98. The molecule has 3 aromatic carbocycles. The largest absolute Gasteiger partial charge is 0.457 e. The van der Waals surface area contributed by atoms with E-state index in [9.17, 15) is 4.79 Å². The second kappa shape index (κ2) is 10.1. The van der Waals surface area contributed by atoms with Crippen LogP contribution < -0.4 is 9.64 Å². The number of carbonyl (C=O) groups is 1. The molecular formula is C28H25ClN4O2S. The lowest BCUT2D eigenvalue weighted by Crippen LogP contribution is -2.34. The van der Waals surface area contributed by atoms with E-state index in [0.717, 1.165) is 32.9 Å². The lowest BCUT2D eigenvalue weighted by atomic mass is 10.2. The average molecular weight is 517 g/mol. The first-order valence-electron chi connectivity index (χ1n) is 11.6. The van der Waals surface area contributed by atoms with E-state index in [1.807, 2.05) is 86.1 Å². The first-order chi connectivity index (χ1) is 17.4. The standard InChI is InChI=1S/C28H25ClN4O2S/c1-18-17-19(2)33(31-18)16-15-32(28-30-26-20(3)24(29)13-14-25(26)36-28)27(34)21-9-11-23(12-10-21)35-22-7-5-4-6-8-22/h4-14,17H,15-16H2,1-3H3. The summed E-state index contributed by atoms with van der Waals surface area (Å²) in [7, 11) is 0. The number of benzene rings is 3. The van der Waals surface area contributed by atoms with Crippen LogP contribution in [0.5, 0.6) is 11.5 Å². The van der Waals surface area contributed by atoms with Gasteiger partial charge in [-0.15, -0.1) is 0 Å². The molecule has 0 spiro atoms. The van der Waals surface area contributed by atoms with Gasteiger partial charge in [0.15, 0.2) is 5.13 Å². The highest BCUT2D eigenvalue weighted by Crippen LogP contribution is 2.34. The molecule has 0 unspecified atom stereocenters. The van der Waals surface area contributed by atoms with Crippen molar-refractivity contribution in [2.75, 3.05) is 11.4 Å². The zero-order valence-corrected chi connectivity index (χ0v) is 21.8. The molecule has 0 aliphatic carbocycles. The monoisotopic (exact) mass is 516 g/mol. The molecule has 5 rings (SSSR count). The quantitative estimate of drug-likeness (QED) is 0.229. The lowest BCUT2D eigenvalue weighted by Gasteiger charge is -2.20. The number of hydrogen-bond donors (Lipinski definition) is 0. The van der Waals surface area contributed by atoms with Crippen molar-refractivity contribution in [1.82, 2.24) is 14.8 Å². The lowest BCUT2D eigenvalue weighted by molar-refractivity contribution is 0.0985. The predicted molar refractivity (Wildman–Crippen MR) is 146 cm³/mol. The van der Waals surface area contributed by atoms with Gasteiger partial charge in [-0.1, -0.05) is 41.1 Å². The number of nitrogens with zero attached hydrogens (tertiary/aromatic N) is 4. The molecule has 182 valence electrons. The van der Waals surface area contributed by atoms with Gasteiger partial charge < -0.3 is 4.74 Å². The van der Waals surface area contributed by atoms with Gasteiger partial charge >= 0.3 is 0 Å². The van der Waals surface area contributed by atoms with Crippen molar-refractivity contribution < 1.29 is 9.53 Å². The molecule has 0 N–H and O–H groups in total. The third-order valence-corrected chi connectivity index (χ3v) is 7.38. The number of rotatable bonds is 7. The molecule has 2 aromatic heterocycles. The van der Waals surface area contributed by atoms with Crippen molar-refractivity contribution >= 4 is 44.2 Å². The number of anilines is 1. The molecule has 2 heterocycles. The summed E-state index contributed by atoms with van der Waals surface area (Å²) in [5.74, 6) is 1.27. The Labute approximate surface area is 218 Å². The van der Waals surface area contributed by atoms with E-state index in [4.69, 9.17) is 21.3 Å². The normalized spacial score (nSPS) is 11.1. The van der Waals surface area contributed by atoms with E-state index in [2.05, 4.69) is 5.10 Å². The van der Waals surface area contributed by atoms with Crippen LogP contribution in [0.1, 0.15) is 27.3 Å². The fraction of sp³-hybridized carbons (Fsp3) is 0.179. The maximum atomic E-state index is 13.8. The molecular weight excluding hydrogens is 492 g/mol. The summed E-state index contributed by atoms with van der Waals surface area (Å²) in [5, 5.41) is 5.85. The van der Waals surface area contributed by atoms with Crippen molar-refractivity contribution in [3.05, 3.63) is 100 Å². The number of ether oxygens (including phenoxy) is 1. The number of aryl methyl sites for hydroxylation is 3. The van der Waals surface area contributed by atoms with Crippen LogP contribution in [0.4, 0.5) is 5.13 Å². The van der Waals surface area contributed by atoms with Gasteiger partial charge in [-0.3, -0.25) is 14.4 Å². The number of carbonyl (C=O) groups excluding carboxylic acids is 1. The van der Waals surface area contributed by atoms with Gasteiger partial charge in [0.05, 0.1) is 22.5 Å². The average Bonchev–Trinajstić information content (AvgIpc) is 3.45. The Hall–Kier alpha value is -3.68. The molecule has 5 aromatic rings. The molecule has 1 amide bonds. The molecule has 0 atom stereocenters. The van der Waals surface area contributed by atoms with Crippen molar-refractivity contribution in [3.63, 3.8) is 0 Å². The maximum absolute atomic E-state index is 13.8. The van der Waals surface area contributed by atoms with Crippen LogP contribution in [0.3, 0.4) is 0 Å². The van der Waals surface area contributed by atoms with Crippen LogP contribution in [0, 0.1) is 20.8 Å². The van der Waals surface area contributed by atoms with E-state index >= 15 is 0 Å². The summed E-state index contributed by atoms with van der Waals surface area (Å²) in [6.07, 6.45) is 0.